The Labute approximate surface area is 162 Å². The van der Waals surface area contributed by atoms with Crippen LogP contribution < -0.4 is 4.74 Å². The molecule has 0 amide bonds. The number of aryl methyl sites for hydroxylation is 2. The van der Waals surface area contributed by atoms with E-state index in [1.54, 1.807) is 0 Å². The molecule has 1 aromatic heterocycles. The van der Waals surface area contributed by atoms with Crippen molar-refractivity contribution in [3.8, 4) is 16.9 Å². The lowest BCUT2D eigenvalue weighted by atomic mass is 10.0. The van der Waals surface area contributed by atoms with Gasteiger partial charge >= 0.3 is 0 Å². The highest BCUT2D eigenvalue weighted by atomic mass is 32.1. The molecule has 0 aliphatic carbocycles. The van der Waals surface area contributed by atoms with Gasteiger partial charge in [0.15, 0.2) is 17.4 Å². The second kappa shape index (κ2) is 9.11. The largest absolute Gasteiger partial charge is 0.482 e. The number of aliphatic hydroxyl groups is 1. The summed E-state index contributed by atoms with van der Waals surface area (Å²) < 4.78 is 34.0. The summed E-state index contributed by atoms with van der Waals surface area (Å²) >= 11 is 1.50. The maximum Gasteiger partial charge on any atom is 0.191 e. The number of ether oxygens (including phenoxy) is 1. The lowest BCUT2D eigenvalue weighted by Crippen LogP contribution is -2.01. The molecule has 0 saturated heterocycles. The second-order valence-corrected chi connectivity index (χ2v) is 7.31. The van der Waals surface area contributed by atoms with E-state index in [1.807, 2.05) is 11.4 Å². The minimum atomic E-state index is -0.714. The zero-order valence-electron chi connectivity index (χ0n) is 15.2. The van der Waals surface area contributed by atoms with Gasteiger partial charge in [0, 0.05) is 11.5 Å². The number of hydrogen-bond donors (Lipinski definition) is 1. The molecular weight excluding hydrogens is 366 g/mol. The number of thiophene rings is 1. The number of rotatable bonds is 8. The normalized spacial score (nSPS) is 11.0. The summed E-state index contributed by atoms with van der Waals surface area (Å²) in [6, 6.07) is 12.8. The predicted molar refractivity (Wildman–Crippen MR) is 105 cm³/mol. The minimum Gasteiger partial charge on any atom is -0.482 e. The molecule has 2 nitrogen and oxygen atoms in total. The fraction of sp³-hybridized carbons (Fsp3) is 0.273. The van der Waals surface area contributed by atoms with Crippen LogP contribution in [-0.4, -0.2) is 11.7 Å². The van der Waals surface area contributed by atoms with Gasteiger partial charge in [-0.1, -0.05) is 31.2 Å². The molecular formula is C22H22F2O2S. The molecule has 5 heteroatoms. The zero-order valence-corrected chi connectivity index (χ0v) is 16.0. The molecule has 0 bridgehead atoms. The van der Waals surface area contributed by atoms with E-state index in [0.717, 1.165) is 22.4 Å². The van der Waals surface area contributed by atoms with Gasteiger partial charge in [-0.05, 0) is 65.1 Å². The highest BCUT2D eigenvalue weighted by Crippen LogP contribution is 2.31. The summed E-state index contributed by atoms with van der Waals surface area (Å²) in [5.74, 6) is -1.79. The van der Waals surface area contributed by atoms with Crippen LogP contribution in [0, 0.1) is 11.6 Å². The van der Waals surface area contributed by atoms with Gasteiger partial charge in [0.05, 0.1) is 0 Å². The molecule has 1 N–H and O–H groups in total. The molecule has 0 atom stereocenters. The fourth-order valence-electron chi connectivity index (χ4n) is 2.95. The molecule has 0 spiro atoms. The molecule has 0 radical (unpaired) electrons. The average Bonchev–Trinajstić information content (AvgIpc) is 3.14. The van der Waals surface area contributed by atoms with Crippen molar-refractivity contribution in [3.63, 3.8) is 0 Å². The van der Waals surface area contributed by atoms with E-state index >= 15 is 0 Å². The molecule has 0 aliphatic rings. The first kappa shape index (κ1) is 19.5. The van der Waals surface area contributed by atoms with Crippen LogP contribution in [0.4, 0.5) is 8.78 Å². The van der Waals surface area contributed by atoms with Gasteiger partial charge in [-0.3, -0.25) is 0 Å². The molecule has 3 rings (SSSR count). The van der Waals surface area contributed by atoms with Crippen molar-refractivity contribution in [2.75, 3.05) is 6.61 Å². The van der Waals surface area contributed by atoms with Crippen molar-refractivity contribution >= 4 is 11.3 Å². The third-order valence-corrected chi connectivity index (χ3v) is 5.34. The minimum absolute atomic E-state index is 0.0120. The third kappa shape index (κ3) is 4.73. The first-order valence-corrected chi connectivity index (χ1v) is 9.87. The van der Waals surface area contributed by atoms with Crippen molar-refractivity contribution < 1.29 is 18.6 Å². The number of aliphatic hydroxyl groups excluding tert-OH is 1. The summed E-state index contributed by atoms with van der Waals surface area (Å²) in [6.45, 7) is 2.20. The standard InChI is InChI=1S/C22H22F2O2S/c1-2-15-5-7-17(8-6-15)18-9-11-27-21(18)14-26-22-19(23)12-16(4-3-10-25)13-20(22)24/h5-9,11-13,25H,2-4,10,14H2,1H3. The first-order valence-electron chi connectivity index (χ1n) is 8.99. The Bertz CT molecular complexity index is 865. The van der Waals surface area contributed by atoms with Crippen LogP contribution in [0.1, 0.15) is 29.3 Å². The number of benzene rings is 2. The van der Waals surface area contributed by atoms with Crippen LogP contribution in [-0.2, 0) is 19.4 Å². The summed E-state index contributed by atoms with van der Waals surface area (Å²) in [6.07, 6.45) is 1.87. The van der Waals surface area contributed by atoms with Crippen LogP contribution in [0.2, 0.25) is 0 Å². The van der Waals surface area contributed by atoms with E-state index in [9.17, 15) is 8.78 Å². The molecule has 27 heavy (non-hydrogen) atoms. The number of halogens is 2. The fourth-order valence-corrected chi connectivity index (χ4v) is 3.75. The van der Waals surface area contributed by atoms with Crippen molar-refractivity contribution in [2.24, 2.45) is 0 Å². The van der Waals surface area contributed by atoms with E-state index < -0.39 is 11.6 Å². The Morgan fingerprint density at radius 3 is 2.33 bits per heavy atom. The molecule has 142 valence electrons. The van der Waals surface area contributed by atoms with Crippen LogP contribution in [0.15, 0.2) is 47.8 Å². The van der Waals surface area contributed by atoms with E-state index in [1.165, 1.54) is 29.0 Å². The molecule has 3 aromatic rings. The molecule has 1 heterocycles. The lowest BCUT2D eigenvalue weighted by molar-refractivity contribution is 0.276. The summed E-state index contributed by atoms with van der Waals surface area (Å²) in [4.78, 5) is 0.919. The van der Waals surface area contributed by atoms with Crippen molar-refractivity contribution in [2.45, 2.75) is 32.8 Å². The van der Waals surface area contributed by atoms with Gasteiger partial charge in [0.2, 0.25) is 0 Å². The van der Waals surface area contributed by atoms with Gasteiger partial charge in [-0.25, -0.2) is 8.78 Å². The van der Waals surface area contributed by atoms with Crippen LogP contribution >= 0.6 is 11.3 Å². The third-order valence-electron chi connectivity index (χ3n) is 4.45. The van der Waals surface area contributed by atoms with E-state index in [-0.39, 0.29) is 19.0 Å². The second-order valence-electron chi connectivity index (χ2n) is 6.31. The lowest BCUT2D eigenvalue weighted by Gasteiger charge is -2.11. The SMILES string of the molecule is CCc1ccc(-c2ccsc2COc2c(F)cc(CCCO)cc2F)cc1. The number of hydrogen-bond acceptors (Lipinski definition) is 3. The van der Waals surface area contributed by atoms with Crippen LogP contribution in [0.25, 0.3) is 11.1 Å². The van der Waals surface area contributed by atoms with Gasteiger partial charge in [0.1, 0.15) is 6.61 Å². The Kier molecular flexibility index (Phi) is 6.58. The van der Waals surface area contributed by atoms with Gasteiger partial charge in [-0.15, -0.1) is 11.3 Å². The molecule has 0 fully saturated rings. The smallest absolute Gasteiger partial charge is 0.191 e. The van der Waals surface area contributed by atoms with Crippen molar-refractivity contribution in [3.05, 3.63) is 75.5 Å². The van der Waals surface area contributed by atoms with E-state index in [2.05, 4.69) is 31.2 Å². The van der Waals surface area contributed by atoms with Gasteiger partial charge in [-0.2, -0.15) is 0 Å². The Morgan fingerprint density at radius 2 is 1.70 bits per heavy atom. The van der Waals surface area contributed by atoms with Crippen molar-refractivity contribution in [1.82, 2.24) is 0 Å². The zero-order chi connectivity index (χ0) is 19.2. The van der Waals surface area contributed by atoms with Gasteiger partial charge in [0.25, 0.3) is 0 Å². The Hall–Kier alpha value is -2.24. The molecule has 0 unspecified atom stereocenters. The van der Waals surface area contributed by atoms with E-state index in [0.29, 0.717) is 18.4 Å². The van der Waals surface area contributed by atoms with Gasteiger partial charge < -0.3 is 9.84 Å². The Morgan fingerprint density at radius 1 is 1.00 bits per heavy atom. The van der Waals surface area contributed by atoms with Crippen LogP contribution in [0.5, 0.6) is 5.75 Å². The maximum atomic E-state index is 14.2. The highest BCUT2D eigenvalue weighted by molar-refractivity contribution is 7.10. The van der Waals surface area contributed by atoms with E-state index in [4.69, 9.17) is 9.84 Å². The van der Waals surface area contributed by atoms with Crippen LogP contribution in [0.3, 0.4) is 0 Å². The molecule has 0 aliphatic heterocycles. The summed E-state index contributed by atoms with van der Waals surface area (Å²) in [7, 11) is 0. The maximum absolute atomic E-state index is 14.2. The topological polar surface area (TPSA) is 29.5 Å². The molecule has 2 aromatic carbocycles. The summed E-state index contributed by atoms with van der Waals surface area (Å²) in [5.41, 5.74) is 3.85. The van der Waals surface area contributed by atoms with Crippen molar-refractivity contribution in [1.29, 1.82) is 0 Å². The Balaban J connectivity index is 1.75. The predicted octanol–water partition coefficient (Wildman–Crippen LogP) is 5.76. The highest BCUT2D eigenvalue weighted by Gasteiger charge is 2.15. The first-order chi connectivity index (χ1) is 13.1. The quantitative estimate of drug-likeness (QED) is 0.532. The molecule has 0 saturated carbocycles. The average molecular weight is 388 g/mol. The monoisotopic (exact) mass is 388 g/mol. The summed E-state index contributed by atoms with van der Waals surface area (Å²) in [5, 5.41) is 10.8.